The molecule has 0 saturated heterocycles. The van der Waals surface area contributed by atoms with E-state index in [-0.39, 0.29) is 6.04 Å². The van der Waals surface area contributed by atoms with Gasteiger partial charge < -0.3 is 10.5 Å². The van der Waals surface area contributed by atoms with Crippen LogP contribution in [0.1, 0.15) is 29.7 Å². The van der Waals surface area contributed by atoms with Crippen molar-refractivity contribution in [3.8, 4) is 11.6 Å². The number of hydrogen-bond donors (Lipinski definition) is 1. The first kappa shape index (κ1) is 13.8. The second-order valence-electron chi connectivity index (χ2n) is 4.69. The maximum absolute atomic E-state index is 6.00. The number of ether oxygens (including phenoxy) is 1. The minimum atomic E-state index is -0.0437. The van der Waals surface area contributed by atoms with Crippen molar-refractivity contribution in [3.63, 3.8) is 0 Å². The van der Waals surface area contributed by atoms with E-state index < -0.39 is 0 Å². The van der Waals surface area contributed by atoms with Crippen LogP contribution in [0.2, 0.25) is 5.02 Å². The third-order valence-corrected chi connectivity index (χ3v) is 3.13. The average Bonchev–Trinajstić information content (AvgIpc) is 2.34. The van der Waals surface area contributed by atoms with Gasteiger partial charge >= 0.3 is 0 Å². The summed E-state index contributed by atoms with van der Waals surface area (Å²) in [7, 11) is 0. The molecule has 0 aliphatic heterocycles. The lowest BCUT2D eigenvalue weighted by Gasteiger charge is -2.13. The molecule has 0 saturated carbocycles. The fraction of sp³-hybridized carbons (Fsp3) is 0.267. The number of benzene rings is 1. The minimum absolute atomic E-state index is 0.0437. The molecule has 0 amide bonds. The van der Waals surface area contributed by atoms with E-state index in [1.807, 2.05) is 45.0 Å². The molecule has 1 atom stereocenters. The lowest BCUT2D eigenvalue weighted by Crippen LogP contribution is -2.05. The lowest BCUT2D eigenvalue weighted by atomic mass is 10.1. The summed E-state index contributed by atoms with van der Waals surface area (Å²) in [5, 5.41) is 0.708. The van der Waals surface area contributed by atoms with Crippen molar-refractivity contribution < 1.29 is 4.74 Å². The van der Waals surface area contributed by atoms with Gasteiger partial charge in [-0.2, -0.15) is 0 Å². The van der Waals surface area contributed by atoms with Crippen LogP contribution in [0.5, 0.6) is 11.6 Å². The Bertz CT molecular complexity index is 573. The first-order valence-electron chi connectivity index (χ1n) is 6.13. The van der Waals surface area contributed by atoms with Crippen LogP contribution in [0.3, 0.4) is 0 Å². The maximum atomic E-state index is 6.00. The van der Waals surface area contributed by atoms with Gasteiger partial charge in [-0.25, -0.2) is 4.98 Å². The van der Waals surface area contributed by atoms with Gasteiger partial charge in [-0.3, -0.25) is 0 Å². The Kier molecular flexibility index (Phi) is 4.08. The number of aryl methyl sites for hydroxylation is 2. The number of nitrogens with zero attached hydrogens (tertiary/aromatic N) is 1. The van der Waals surface area contributed by atoms with E-state index in [0.29, 0.717) is 10.9 Å². The van der Waals surface area contributed by atoms with Gasteiger partial charge in [0.05, 0.1) is 0 Å². The quantitative estimate of drug-likeness (QED) is 0.915. The van der Waals surface area contributed by atoms with Crippen LogP contribution < -0.4 is 10.5 Å². The van der Waals surface area contributed by atoms with Gasteiger partial charge in [-0.1, -0.05) is 11.6 Å². The number of rotatable bonds is 3. The Hall–Kier alpha value is -1.58. The zero-order valence-electron chi connectivity index (χ0n) is 11.3. The van der Waals surface area contributed by atoms with Crippen molar-refractivity contribution in [3.05, 3.63) is 52.2 Å². The van der Waals surface area contributed by atoms with Crippen LogP contribution >= 0.6 is 11.6 Å². The molecular formula is C15H17ClN2O. The summed E-state index contributed by atoms with van der Waals surface area (Å²) < 4.78 is 5.86. The zero-order valence-corrected chi connectivity index (χ0v) is 12.0. The van der Waals surface area contributed by atoms with Crippen LogP contribution in [0.15, 0.2) is 30.5 Å². The van der Waals surface area contributed by atoms with Crippen molar-refractivity contribution in [2.45, 2.75) is 26.8 Å². The molecule has 0 radical (unpaired) electrons. The molecule has 100 valence electrons. The van der Waals surface area contributed by atoms with Gasteiger partial charge in [0.25, 0.3) is 0 Å². The summed E-state index contributed by atoms with van der Waals surface area (Å²) in [6.45, 7) is 5.85. The SMILES string of the molecule is Cc1cc(Cl)cc(C)c1Oc1cc([C@H](C)N)ccn1. The monoisotopic (exact) mass is 276 g/mol. The number of nitrogens with two attached hydrogens (primary N) is 1. The topological polar surface area (TPSA) is 48.1 Å². The summed E-state index contributed by atoms with van der Waals surface area (Å²) in [4.78, 5) is 4.21. The number of halogens is 1. The fourth-order valence-electron chi connectivity index (χ4n) is 1.93. The van der Waals surface area contributed by atoms with Gasteiger partial charge in [0, 0.05) is 23.3 Å². The predicted octanol–water partition coefficient (Wildman–Crippen LogP) is 4.16. The van der Waals surface area contributed by atoms with E-state index in [1.165, 1.54) is 0 Å². The Labute approximate surface area is 118 Å². The molecule has 0 unspecified atom stereocenters. The molecule has 2 aromatic rings. The first-order valence-corrected chi connectivity index (χ1v) is 6.51. The lowest BCUT2D eigenvalue weighted by molar-refractivity contribution is 0.454. The highest BCUT2D eigenvalue weighted by atomic mass is 35.5. The molecule has 1 aromatic heterocycles. The summed E-state index contributed by atoms with van der Waals surface area (Å²) in [6.07, 6.45) is 1.70. The van der Waals surface area contributed by atoms with E-state index in [4.69, 9.17) is 22.1 Å². The van der Waals surface area contributed by atoms with E-state index in [1.54, 1.807) is 6.20 Å². The van der Waals surface area contributed by atoms with Gasteiger partial charge in [-0.15, -0.1) is 0 Å². The predicted molar refractivity (Wildman–Crippen MR) is 77.8 cm³/mol. The van der Waals surface area contributed by atoms with Crippen molar-refractivity contribution in [1.29, 1.82) is 0 Å². The molecule has 19 heavy (non-hydrogen) atoms. The molecule has 3 nitrogen and oxygen atoms in total. The molecule has 0 aliphatic rings. The van der Waals surface area contributed by atoms with Gasteiger partial charge in [0.15, 0.2) is 0 Å². The highest BCUT2D eigenvalue weighted by Gasteiger charge is 2.09. The molecule has 1 aromatic carbocycles. The van der Waals surface area contributed by atoms with Crippen molar-refractivity contribution in [2.75, 3.05) is 0 Å². The maximum Gasteiger partial charge on any atom is 0.219 e. The Morgan fingerprint density at radius 3 is 2.42 bits per heavy atom. The Morgan fingerprint density at radius 2 is 1.84 bits per heavy atom. The molecule has 2 rings (SSSR count). The zero-order chi connectivity index (χ0) is 14.0. The standard InChI is InChI=1S/C15H17ClN2O/c1-9-6-13(16)7-10(2)15(9)19-14-8-12(11(3)17)4-5-18-14/h4-8,11H,17H2,1-3H3/t11-/m0/s1. The number of hydrogen-bond acceptors (Lipinski definition) is 3. The van der Waals surface area contributed by atoms with E-state index in [0.717, 1.165) is 22.4 Å². The third-order valence-electron chi connectivity index (χ3n) is 2.92. The minimum Gasteiger partial charge on any atom is -0.438 e. The van der Waals surface area contributed by atoms with E-state index in [2.05, 4.69) is 4.98 Å². The highest BCUT2D eigenvalue weighted by Crippen LogP contribution is 2.31. The van der Waals surface area contributed by atoms with Gasteiger partial charge in [0.2, 0.25) is 5.88 Å². The summed E-state index contributed by atoms with van der Waals surface area (Å²) in [5.41, 5.74) is 8.82. The fourth-order valence-corrected chi connectivity index (χ4v) is 2.25. The Morgan fingerprint density at radius 1 is 1.21 bits per heavy atom. The summed E-state index contributed by atoms with van der Waals surface area (Å²) >= 11 is 6.00. The molecule has 0 fully saturated rings. The van der Waals surface area contributed by atoms with Gasteiger partial charge in [-0.05, 0) is 55.7 Å². The summed E-state index contributed by atoms with van der Waals surface area (Å²) in [5.74, 6) is 1.34. The smallest absolute Gasteiger partial charge is 0.219 e. The molecule has 0 spiro atoms. The van der Waals surface area contributed by atoms with Crippen molar-refractivity contribution in [1.82, 2.24) is 4.98 Å². The van der Waals surface area contributed by atoms with Crippen molar-refractivity contribution in [2.24, 2.45) is 5.73 Å². The van der Waals surface area contributed by atoms with E-state index >= 15 is 0 Å². The van der Waals surface area contributed by atoms with Crippen LogP contribution in [0.4, 0.5) is 0 Å². The summed E-state index contributed by atoms with van der Waals surface area (Å²) in [6, 6.07) is 7.45. The molecular weight excluding hydrogens is 260 g/mol. The van der Waals surface area contributed by atoms with Crippen LogP contribution in [-0.2, 0) is 0 Å². The molecule has 0 aliphatic carbocycles. The third kappa shape index (κ3) is 3.25. The van der Waals surface area contributed by atoms with Gasteiger partial charge in [0.1, 0.15) is 5.75 Å². The van der Waals surface area contributed by atoms with Crippen LogP contribution in [0.25, 0.3) is 0 Å². The van der Waals surface area contributed by atoms with Crippen molar-refractivity contribution >= 4 is 11.6 Å². The highest BCUT2D eigenvalue weighted by molar-refractivity contribution is 6.30. The molecule has 0 bridgehead atoms. The molecule has 2 N–H and O–H groups in total. The molecule has 4 heteroatoms. The second kappa shape index (κ2) is 5.59. The first-order chi connectivity index (χ1) is 8.97. The number of pyridine rings is 1. The van der Waals surface area contributed by atoms with Crippen LogP contribution in [0, 0.1) is 13.8 Å². The second-order valence-corrected chi connectivity index (χ2v) is 5.12. The van der Waals surface area contributed by atoms with Crippen LogP contribution in [-0.4, -0.2) is 4.98 Å². The Balaban J connectivity index is 2.34. The molecule has 1 heterocycles. The van der Waals surface area contributed by atoms with E-state index in [9.17, 15) is 0 Å². The average molecular weight is 277 g/mol. The normalized spacial score (nSPS) is 12.3. The largest absolute Gasteiger partial charge is 0.438 e. The number of aromatic nitrogens is 1.